The Hall–Kier alpha value is -4.08. The first-order chi connectivity index (χ1) is 15.9. The second-order valence-corrected chi connectivity index (χ2v) is 7.86. The van der Waals surface area contributed by atoms with Crippen LogP contribution in [-0.4, -0.2) is 31.8 Å². The van der Waals surface area contributed by atoms with Crippen LogP contribution in [0.2, 0.25) is 0 Å². The number of nitrogens with zero attached hydrogens (tertiary/aromatic N) is 4. The molecule has 0 N–H and O–H groups in total. The Morgan fingerprint density at radius 1 is 1.15 bits per heavy atom. The molecule has 0 radical (unpaired) electrons. The molecule has 1 aliphatic rings. The summed E-state index contributed by atoms with van der Waals surface area (Å²) in [5.74, 6) is -2.23. The van der Waals surface area contributed by atoms with Crippen molar-refractivity contribution >= 4 is 17.1 Å². The zero-order valence-corrected chi connectivity index (χ0v) is 17.5. The smallest absolute Gasteiger partial charge is 0.337 e. The topological polar surface area (TPSA) is 88.1 Å². The lowest BCUT2D eigenvalue weighted by atomic mass is 10.1. The van der Waals surface area contributed by atoms with Gasteiger partial charge in [-0.3, -0.25) is 9.36 Å². The molecule has 168 valence electrons. The van der Waals surface area contributed by atoms with Gasteiger partial charge in [-0.05, 0) is 42.7 Å². The highest BCUT2D eigenvalue weighted by Crippen LogP contribution is 2.33. The Balaban J connectivity index is 1.72. The molecular formula is C23H18F2N4O4. The summed E-state index contributed by atoms with van der Waals surface area (Å²) in [6.45, 7) is 0.172. The van der Waals surface area contributed by atoms with Gasteiger partial charge in [0.25, 0.3) is 5.56 Å². The van der Waals surface area contributed by atoms with Gasteiger partial charge in [-0.1, -0.05) is 12.1 Å². The molecule has 33 heavy (non-hydrogen) atoms. The highest BCUT2D eigenvalue weighted by atomic mass is 19.1. The monoisotopic (exact) mass is 452 g/mol. The molecule has 8 nitrogen and oxygen atoms in total. The number of hydrogen-bond acceptors (Lipinski definition) is 5. The van der Waals surface area contributed by atoms with Crippen molar-refractivity contribution in [1.82, 2.24) is 18.7 Å². The van der Waals surface area contributed by atoms with Crippen LogP contribution in [-0.2, 0) is 11.3 Å². The second kappa shape index (κ2) is 7.80. The lowest BCUT2D eigenvalue weighted by molar-refractivity contribution is 0.0600. The molecule has 0 unspecified atom stereocenters. The van der Waals surface area contributed by atoms with Crippen LogP contribution < -0.4 is 11.2 Å². The van der Waals surface area contributed by atoms with Gasteiger partial charge < -0.3 is 9.30 Å². The first-order valence-corrected chi connectivity index (χ1v) is 10.2. The molecule has 0 atom stereocenters. The Morgan fingerprint density at radius 3 is 2.64 bits per heavy atom. The highest BCUT2D eigenvalue weighted by Gasteiger charge is 2.31. The average molecular weight is 452 g/mol. The molecule has 1 saturated carbocycles. The second-order valence-electron chi connectivity index (χ2n) is 7.86. The van der Waals surface area contributed by atoms with Crippen LogP contribution in [0.25, 0.3) is 16.9 Å². The van der Waals surface area contributed by atoms with Gasteiger partial charge in [-0.2, -0.15) is 0 Å². The van der Waals surface area contributed by atoms with E-state index in [4.69, 9.17) is 4.74 Å². The SMILES string of the molecule is COC(=O)c1cccc(Cn2cnc3c2c(=O)n(C2CC2)c(=O)n3-c2ccc(F)cc2F)c1. The summed E-state index contributed by atoms with van der Waals surface area (Å²) in [7, 11) is 1.28. The van der Waals surface area contributed by atoms with Gasteiger partial charge in [0, 0.05) is 18.7 Å². The number of hydrogen-bond donors (Lipinski definition) is 0. The van der Waals surface area contributed by atoms with Crippen LogP contribution in [0.1, 0.15) is 34.8 Å². The van der Waals surface area contributed by atoms with Gasteiger partial charge in [0.1, 0.15) is 11.6 Å². The molecular weight excluding hydrogens is 434 g/mol. The van der Waals surface area contributed by atoms with E-state index in [9.17, 15) is 23.2 Å². The number of benzene rings is 2. The standard InChI is InChI=1S/C23H18F2N4O4/c1-33-22(31)14-4-2-3-13(9-14)11-27-12-26-20-19(27)21(30)28(16-6-7-16)23(32)29(20)18-8-5-15(24)10-17(18)25/h2-5,8-10,12,16H,6-7,11H2,1H3. The Morgan fingerprint density at radius 2 is 1.94 bits per heavy atom. The van der Waals surface area contributed by atoms with Gasteiger partial charge in [0.2, 0.25) is 0 Å². The minimum Gasteiger partial charge on any atom is -0.465 e. The minimum atomic E-state index is -0.945. The maximum Gasteiger partial charge on any atom is 0.337 e. The summed E-state index contributed by atoms with van der Waals surface area (Å²) in [5.41, 5.74) is -0.333. The maximum atomic E-state index is 14.6. The van der Waals surface area contributed by atoms with Gasteiger partial charge in [-0.25, -0.2) is 27.9 Å². The van der Waals surface area contributed by atoms with E-state index in [1.165, 1.54) is 13.4 Å². The lowest BCUT2D eigenvalue weighted by Crippen LogP contribution is -2.40. The molecule has 2 aromatic carbocycles. The normalized spacial score (nSPS) is 13.4. The van der Waals surface area contributed by atoms with Crippen LogP contribution in [0, 0.1) is 11.6 Å². The van der Waals surface area contributed by atoms with Crippen molar-refractivity contribution in [2.24, 2.45) is 0 Å². The quantitative estimate of drug-likeness (QED) is 0.435. The number of aromatic nitrogens is 4. The zero-order chi connectivity index (χ0) is 23.3. The summed E-state index contributed by atoms with van der Waals surface area (Å²) in [6, 6.07) is 9.28. The van der Waals surface area contributed by atoms with Crippen molar-refractivity contribution in [2.75, 3.05) is 7.11 Å². The summed E-state index contributed by atoms with van der Waals surface area (Å²) in [4.78, 5) is 42.6. The third kappa shape index (κ3) is 3.53. The molecule has 5 rings (SSSR count). The Kier molecular flexibility index (Phi) is 4.92. The molecule has 4 aromatic rings. The van der Waals surface area contributed by atoms with Gasteiger partial charge in [0.15, 0.2) is 11.2 Å². The Bertz CT molecular complexity index is 1530. The molecule has 2 heterocycles. The molecule has 10 heteroatoms. The Labute approximate surface area is 185 Å². The highest BCUT2D eigenvalue weighted by molar-refractivity contribution is 5.89. The van der Waals surface area contributed by atoms with E-state index in [2.05, 4.69) is 4.98 Å². The first-order valence-electron chi connectivity index (χ1n) is 10.2. The number of methoxy groups -OCH3 is 1. The molecule has 1 fully saturated rings. The number of halogens is 2. The summed E-state index contributed by atoms with van der Waals surface area (Å²) in [6.07, 6.45) is 2.69. The predicted octanol–water partition coefficient (Wildman–Crippen LogP) is 2.80. The minimum absolute atomic E-state index is 0.0310. The summed E-state index contributed by atoms with van der Waals surface area (Å²) >= 11 is 0. The van der Waals surface area contributed by atoms with Gasteiger partial charge in [-0.15, -0.1) is 0 Å². The van der Waals surface area contributed by atoms with Crippen molar-refractivity contribution in [2.45, 2.75) is 25.4 Å². The number of imidazole rings is 1. The van der Waals surface area contributed by atoms with Gasteiger partial charge in [0.05, 0.1) is 24.7 Å². The van der Waals surface area contributed by atoms with Crippen LogP contribution in [0.4, 0.5) is 8.78 Å². The number of rotatable bonds is 5. The van der Waals surface area contributed by atoms with Crippen molar-refractivity contribution in [3.63, 3.8) is 0 Å². The largest absolute Gasteiger partial charge is 0.465 e. The number of esters is 1. The number of fused-ring (bicyclic) bond motifs is 1. The van der Waals surface area contributed by atoms with Crippen LogP contribution in [0.3, 0.4) is 0 Å². The zero-order valence-electron chi connectivity index (χ0n) is 17.5. The predicted molar refractivity (Wildman–Crippen MR) is 115 cm³/mol. The molecule has 0 spiro atoms. The van der Waals surface area contributed by atoms with E-state index < -0.39 is 28.9 Å². The molecule has 0 amide bonds. The van der Waals surface area contributed by atoms with Gasteiger partial charge >= 0.3 is 11.7 Å². The van der Waals surface area contributed by atoms with E-state index in [1.54, 1.807) is 28.8 Å². The number of carbonyl (C=O) groups excluding carboxylic acids is 1. The fraction of sp³-hybridized carbons (Fsp3) is 0.217. The van der Waals surface area contributed by atoms with Crippen LogP contribution in [0.5, 0.6) is 0 Å². The van der Waals surface area contributed by atoms with Crippen molar-refractivity contribution in [3.8, 4) is 5.69 Å². The third-order valence-electron chi connectivity index (χ3n) is 5.61. The van der Waals surface area contributed by atoms with Crippen LogP contribution in [0.15, 0.2) is 58.4 Å². The van der Waals surface area contributed by atoms with E-state index in [1.807, 2.05) is 0 Å². The molecule has 2 aromatic heterocycles. The fourth-order valence-corrected chi connectivity index (χ4v) is 3.92. The van der Waals surface area contributed by atoms with E-state index >= 15 is 0 Å². The molecule has 0 saturated heterocycles. The number of ether oxygens (including phenoxy) is 1. The number of carbonyl (C=O) groups is 1. The first kappa shape index (κ1) is 20.8. The molecule has 0 bridgehead atoms. The lowest BCUT2D eigenvalue weighted by Gasteiger charge is -2.13. The van der Waals surface area contributed by atoms with E-state index in [0.29, 0.717) is 30.0 Å². The summed E-state index contributed by atoms with van der Waals surface area (Å²) < 4.78 is 36.5. The summed E-state index contributed by atoms with van der Waals surface area (Å²) in [5, 5.41) is 0. The van der Waals surface area contributed by atoms with Crippen molar-refractivity contribution in [1.29, 1.82) is 0 Å². The van der Waals surface area contributed by atoms with Crippen molar-refractivity contribution in [3.05, 3.63) is 92.4 Å². The maximum absolute atomic E-state index is 14.6. The third-order valence-corrected chi connectivity index (χ3v) is 5.61. The van der Waals surface area contributed by atoms with E-state index in [0.717, 1.165) is 21.3 Å². The average Bonchev–Trinajstić information content (AvgIpc) is 3.54. The van der Waals surface area contributed by atoms with E-state index in [-0.39, 0.29) is 29.4 Å². The van der Waals surface area contributed by atoms with Crippen molar-refractivity contribution < 1.29 is 18.3 Å². The fourth-order valence-electron chi connectivity index (χ4n) is 3.92. The molecule has 1 aliphatic carbocycles. The van der Waals surface area contributed by atoms with Crippen LogP contribution >= 0.6 is 0 Å². The molecule has 0 aliphatic heterocycles.